The molecule has 0 radical (unpaired) electrons. The van der Waals surface area contributed by atoms with Crippen LogP contribution in [0.3, 0.4) is 0 Å². The molecular weight excluding hydrogens is 272 g/mol. The lowest BCUT2D eigenvalue weighted by Crippen LogP contribution is -2.31. The molecule has 0 spiro atoms. The van der Waals surface area contributed by atoms with E-state index in [2.05, 4.69) is 16.4 Å². The van der Waals surface area contributed by atoms with Crippen molar-refractivity contribution < 1.29 is 4.79 Å². The van der Waals surface area contributed by atoms with Crippen molar-refractivity contribution in [2.75, 3.05) is 0 Å². The van der Waals surface area contributed by atoms with Gasteiger partial charge in [0.15, 0.2) is 0 Å². The molecule has 2 heterocycles. The van der Waals surface area contributed by atoms with Crippen molar-refractivity contribution in [1.82, 2.24) is 10.3 Å². The van der Waals surface area contributed by atoms with E-state index in [4.69, 9.17) is 0 Å². The normalized spacial score (nSPS) is 12.2. The van der Waals surface area contributed by atoms with Crippen molar-refractivity contribution in [1.29, 1.82) is 0 Å². The number of H-pyrrole nitrogens is 1. The Morgan fingerprint density at radius 1 is 1.30 bits per heavy atom. The van der Waals surface area contributed by atoms with Crippen molar-refractivity contribution in [2.24, 2.45) is 0 Å². The van der Waals surface area contributed by atoms with Crippen molar-refractivity contribution in [3.8, 4) is 0 Å². The quantitative estimate of drug-likeness (QED) is 0.913. The Labute approximate surface area is 121 Å². The molecule has 0 unspecified atom stereocenters. The monoisotopic (exact) mass is 290 g/mol. The second kappa shape index (κ2) is 5.63. The van der Waals surface area contributed by atoms with Crippen molar-refractivity contribution in [3.63, 3.8) is 0 Å². The molecule has 0 saturated carbocycles. The summed E-state index contributed by atoms with van der Waals surface area (Å²) in [6, 6.07) is 5.24. The van der Waals surface area contributed by atoms with Gasteiger partial charge in [0.1, 0.15) is 5.56 Å². The second-order valence-corrected chi connectivity index (χ2v) is 6.41. The number of aromatic amines is 1. The highest BCUT2D eigenvalue weighted by molar-refractivity contribution is 7.12. The average Bonchev–Trinajstić information content (AvgIpc) is 2.68. The molecule has 20 heavy (non-hydrogen) atoms. The number of hydrogen-bond acceptors (Lipinski definition) is 3. The van der Waals surface area contributed by atoms with Gasteiger partial charge in [0.2, 0.25) is 0 Å². The number of aromatic nitrogens is 1. The van der Waals surface area contributed by atoms with E-state index < -0.39 is 0 Å². The van der Waals surface area contributed by atoms with Crippen LogP contribution in [-0.4, -0.2) is 10.9 Å². The topological polar surface area (TPSA) is 62.0 Å². The number of pyridine rings is 1. The molecule has 4 nitrogen and oxygen atoms in total. The highest BCUT2D eigenvalue weighted by Crippen LogP contribution is 2.26. The lowest BCUT2D eigenvalue weighted by molar-refractivity contribution is 0.0938. The van der Waals surface area contributed by atoms with E-state index in [1.54, 1.807) is 30.4 Å². The minimum Gasteiger partial charge on any atom is -0.345 e. The number of aryl methyl sites for hydroxylation is 3. The summed E-state index contributed by atoms with van der Waals surface area (Å²) in [5.74, 6) is -0.345. The van der Waals surface area contributed by atoms with Crippen LogP contribution in [0.4, 0.5) is 0 Å². The average molecular weight is 290 g/mol. The summed E-state index contributed by atoms with van der Waals surface area (Å²) in [5.41, 5.74) is 1.63. The van der Waals surface area contributed by atoms with Crippen LogP contribution in [0.5, 0.6) is 0 Å². The van der Waals surface area contributed by atoms with Gasteiger partial charge in [0.25, 0.3) is 11.5 Å². The van der Waals surface area contributed by atoms with E-state index >= 15 is 0 Å². The highest BCUT2D eigenvalue weighted by Gasteiger charge is 2.16. The molecule has 1 amide bonds. The van der Waals surface area contributed by atoms with E-state index in [1.165, 1.54) is 9.75 Å². The zero-order valence-corrected chi connectivity index (χ0v) is 12.9. The first-order valence-corrected chi connectivity index (χ1v) is 7.28. The Kier molecular flexibility index (Phi) is 4.09. The predicted octanol–water partition coefficient (Wildman–Crippen LogP) is 2.85. The zero-order chi connectivity index (χ0) is 14.9. The molecule has 0 aromatic carbocycles. The molecular formula is C15H18N2O2S. The fourth-order valence-corrected chi connectivity index (χ4v) is 3.21. The van der Waals surface area contributed by atoms with Crippen LogP contribution in [0.1, 0.15) is 44.3 Å². The Bertz CT molecular complexity index is 700. The van der Waals surface area contributed by atoms with Gasteiger partial charge in [0.05, 0.1) is 6.04 Å². The SMILES string of the molecule is Cc1ccc(C(=O)N[C@H](C)c2cc(C)sc2C)c(=O)[nH]1. The molecule has 5 heteroatoms. The van der Waals surface area contributed by atoms with Crippen LogP contribution in [0.2, 0.25) is 0 Å². The number of carbonyl (C=O) groups is 1. The first-order valence-electron chi connectivity index (χ1n) is 6.46. The number of carbonyl (C=O) groups excluding carboxylic acids is 1. The summed E-state index contributed by atoms with van der Waals surface area (Å²) >= 11 is 1.71. The van der Waals surface area contributed by atoms with Crippen LogP contribution >= 0.6 is 11.3 Å². The van der Waals surface area contributed by atoms with Gasteiger partial charge in [-0.2, -0.15) is 0 Å². The molecule has 0 bridgehead atoms. The maximum Gasteiger partial charge on any atom is 0.260 e. The Balaban J connectivity index is 2.19. The molecule has 2 aromatic heterocycles. The van der Waals surface area contributed by atoms with Crippen molar-refractivity contribution in [2.45, 2.75) is 33.7 Å². The second-order valence-electron chi connectivity index (χ2n) is 4.95. The first kappa shape index (κ1) is 14.5. The van der Waals surface area contributed by atoms with Crippen LogP contribution in [0, 0.1) is 20.8 Å². The lowest BCUT2D eigenvalue weighted by atomic mass is 10.1. The minimum absolute atomic E-state index is 0.117. The summed E-state index contributed by atoms with van der Waals surface area (Å²) in [6.07, 6.45) is 0. The van der Waals surface area contributed by atoms with Crippen molar-refractivity contribution >= 4 is 17.2 Å². The molecule has 2 N–H and O–H groups in total. The number of thiophene rings is 1. The maximum absolute atomic E-state index is 12.2. The molecule has 0 aliphatic carbocycles. The highest BCUT2D eigenvalue weighted by atomic mass is 32.1. The molecule has 0 fully saturated rings. The first-order chi connectivity index (χ1) is 9.38. The number of nitrogens with one attached hydrogen (secondary N) is 2. The summed E-state index contributed by atoms with van der Waals surface area (Å²) in [5, 5.41) is 2.87. The summed E-state index contributed by atoms with van der Waals surface area (Å²) < 4.78 is 0. The number of amides is 1. The lowest BCUT2D eigenvalue weighted by Gasteiger charge is -2.13. The van der Waals surface area contributed by atoms with Crippen molar-refractivity contribution in [3.05, 3.63) is 55.1 Å². The third-order valence-corrected chi connectivity index (χ3v) is 4.18. The Morgan fingerprint density at radius 3 is 2.55 bits per heavy atom. The van der Waals surface area contributed by atoms with Crippen LogP contribution in [-0.2, 0) is 0 Å². The standard InChI is InChI=1S/C15H18N2O2S/c1-8-5-6-12(14(18)16-8)15(19)17-10(3)13-7-9(2)20-11(13)4/h5-7,10H,1-4H3,(H,16,18)(H,17,19)/t10-/m1/s1. The summed E-state index contributed by atoms with van der Waals surface area (Å²) in [7, 11) is 0. The Morgan fingerprint density at radius 2 is 2.00 bits per heavy atom. The maximum atomic E-state index is 12.2. The van der Waals surface area contributed by atoms with E-state index in [9.17, 15) is 9.59 Å². The van der Waals surface area contributed by atoms with E-state index in [-0.39, 0.29) is 23.1 Å². The van der Waals surface area contributed by atoms with Gasteiger partial charge in [-0.3, -0.25) is 9.59 Å². The molecule has 2 rings (SSSR count). The summed E-state index contributed by atoms with van der Waals surface area (Å²) in [6.45, 7) is 7.78. The molecule has 1 atom stereocenters. The van der Waals surface area contributed by atoms with Gasteiger partial charge in [-0.15, -0.1) is 11.3 Å². The summed E-state index contributed by atoms with van der Waals surface area (Å²) in [4.78, 5) is 28.9. The van der Waals surface area contributed by atoms with E-state index in [0.717, 1.165) is 11.3 Å². The van der Waals surface area contributed by atoms with E-state index in [1.807, 2.05) is 20.8 Å². The number of rotatable bonds is 3. The minimum atomic E-state index is -0.354. The number of hydrogen-bond donors (Lipinski definition) is 2. The smallest absolute Gasteiger partial charge is 0.260 e. The van der Waals surface area contributed by atoms with Crippen LogP contribution < -0.4 is 10.9 Å². The van der Waals surface area contributed by atoms with Gasteiger partial charge < -0.3 is 10.3 Å². The fourth-order valence-electron chi connectivity index (χ4n) is 2.18. The van der Waals surface area contributed by atoms with Crippen LogP contribution in [0.15, 0.2) is 23.0 Å². The predicted molar refractivity (Wildman–Crippen MR) is 81.5 cm³/mol. The van der Waals surface area contributed by atoms with Crippen LogP contribution in [0.25, 0.3) is 0 Å². The molecule has 0 aliphatic rings. The van der Waals surface area contributed by atoms with Gasteiger partial charge >= 0.3 is 0 Å². The molecule has 106 valence electrons. The van der Waals surface area contributed by atoms with Gasteiger partial charge in [0, 0.05) is 15.4 Å². The fraction of sp³-hybridized carbons (Fsp3) is 0.333. The van der Waals surface area contributed by atoms with Gasteiger partial charge in [-0.1, -0.05) is 0 Å². The van der Waals surface area contributed by atoms with E-state index in [0.29, 0.717) is 0 Å². The van der Waals surface area contributed by atoms with Gasteiger partial charge in [-0.25, -0.2) is 0 Å². The molecule has 0 saturated heterocycles. The zero-order valence-electron chi connectivity index (χ0n) is 12.0. The largest absolute Gasteiger partial charge is 0.345 e. The third kappa shape index (κ3) is 2.99. The molecule has 0 aliphatic heterocycles. The molecule has 2 aromatic rings. The Hall–Kier alpha value is -1.88. The van der Waals surface area contributed by atoms with Gasteiger partial charge in [-0.05, 0) is 51.5 Å². The third-order valence-electron chi connectivity index (χ3n) is 3.19.